The molecule has 0 aromatic rings. The number of carbonyl (C=O) groups excluding carboxylic acids is 1. The summed E-state index contributed by atoms with van der Waals surface area (Å²) in [4.78, 5) is 27.6. The zero-order valence-electron chi connectivity index (χ0n) is 7.52. The van der Waals surface area contributed by atoms with Crippen LogP contribution in [0.5, 0.6) is 0 Å². The average molecular weight is 242 g/mol. The summed E-state index contributed by atoms with van der Waals surface area (Å²) in [7, 11) is -4.65. The fourth-order valence-corrected chi connectivity index (χ4v) is 1.43. The maximum Gasteiger partial charge on any atom is 0.469 e. The van der Waals surface area contributed by atoms with Crippen molar-refractivity contribution in [3.8, 4) is 0 Å². The minimum Gasteiger partial charge on any atom is -0.387 e. The van der Waals surface area contributed by atoms with Gasteiger partial charge in [0.05, 0.1) is 6.61 Å². The van der Waals surface area contributed by atoms with Gasteiger partial charge in [0.2, 0.25) is 0 Å². The molecule has 0 bridgehead atoms. The third-order valence-corrected chi connectivity index (χ3v) is 2.37. The van der Waals surface area contributed by atoms with Gasteiger partial charge in [0, 0.05) is 0 Å². The molecule has 3 atom stereocenters. The SMILES string of the molecule is O=C1CO[C@H](COP(=O)(O)O)[C@@H](O)[C@@H]1O. The molecule has 0 radical (unpaired) electrons. The molecule has 88 valence electrons. The molecule has 1 saturated heterocycles. The highest BCUT2D eigenvalue weighted by molar-refractivity contribution is 7.46. The van der Waals surface area contributed by atoms with Crippen LogP contribution in [-0.4, -0.2) is 57.3 Å². The molecule has 1 aliphatic rings. The lowest BCUT2D eigenvalue weighted by Gasteiger charge is -2.30. The first-order valence-corrected chi connectivity index (χ1v) is 5.55. The van der Waals surface area contributed by atoms with Crippen molar-refractivity contribution in [3.63, 3.8) is 0 Å². The highest BCUT2D eigenvalue weighted by Crippen LogP contribution is 2.36. The van der Waals surface area contributed by atoms with Crippen LogP contribution in [0.1, 0.15) is 0 Å². The van der Waals surface area contributed by atoms with Gasteiger partial charge in [-0.2, -0.15) is 0 Å². The number of Topliss-reactive ketones (excluding diaryl/α,β-unsaturated/α-hetero) is 1. The predicted molar refractivity (Wildman–Crippen MR) is 44.8 cm³/mol. The molecule has 0 aromatic carbocycles. The Labute approximate surface area is 84.7 Å². The zero-order chi connectivity index (χ0) is 11.6. The van der Waals surface area contributed by atoms with Gasteiger partial charge in [-0.25, -0.2) is 4.57 Å². The Balaban J connectivity index is 2.50. The van der Waals surface area contributed by atoms with Crippen LogP contribution in [0.3, 0.4) is 0 Å². The summed E-state index contributed by atoms with van der Waals surface area (Å²) in [6.07, 6.45) is -4.28. The smallest absolute Gasteiger partial charge is 0.387 e. The van der Waals surface area contributed by atoms with Crippen LogP contribution < -0.4 is 0 Å². The lowest BCUT2D eigenvalue weighted by atomic mass is 10.0. The van der Waals surface area contributed by atoms with E-state index >= 15 is 0 Å². The Bertz CT molecular complexity index is 285. The van der Waals surface area contributed by atoms with Crippen molar-refractivity contribution in [1.29, 1.82) is 0 Å². The third kappa shape index (κ3) is 3.62. The number of hydrogen-bond acceptors (Lipinski definition) is 6. The highest BCUT2D eigenvalue weighted by atomic mass is 31.2. The number of aliphatic hydroxyl groups excluding tert-OH is 2. The largest absolute Gasteiger partial charge is 0.469 e. The fourth-order valence-electron chi connectivity index (χ4n) is 1.08. The Morgan fingerprint density at radius 1 is 1.47 bits per heavy atom. The fraction of sp³-hybridized carbons (Fsp3) is 0.833. The molecule has 0 amide bonds. The van der Waals surface area contributed by atoms with E-state index in [-0.39, 0.29) is 0 Å². The molecule has 9 heteroatoms. The molecule has 0 saturated carbocycles. The van der Waals surface area contributed by atoms with Gasteiger partial charge in [0.1, 0.15) is 24.9 Å². The standard InChI is InChI=1S/C6H11O8P/c7-3-1-13-4(6(9)5(3)8)2-14-15(10,11)12/h4-6,8-9H,1-2H2,(H2,10,11,12)/t4-,5-,6-/m1/s1. The van der Waals surface area contributed by atoms with Gasteiger partial charge in [-0.3, -0.25) is 9.32 Å². The van der Waals surface area contributed by atoms with Crippen LogP contribution in [0.25, 0.3) is 0 Å². The molecule has 1 heterocycles. The van der Waals surface area contributed by atoms with E-state index in [1.165, 1.54) is 0 Å². The number of aliphatic hydroxyl groups is 2. The van der Waals surface area contributed by atoms with Crippen molar-refractivity contribution in [2.24, 2.45) is 0 Å². The van der Waals surface area contributed by atoms with Crippen molar-refractivity contribution in [2.75, 3.05) is 13.2 Å². The first-order chi connectivity index (χ1) is 6.81. The van der Waals surface area contributed by atoms with Crippen molar-refractivity contribution in [1.82, 2.24) is 0 Å². The summed E-state index contributed by atoms with van der Waals surface area (Å²) in [5, 5.41) is 18.4. The quantitative estimate of drug-likeness (QED) is 0.409. The third-order valence-electron chi connectivity index (χ3n) is 1.88. The van der Waals surface area contributed by atoms with Gasteiger partial charge in [0.25, 0.3) is 0 Å². The van der Waals surface area contributed by atoms with Crippen LogP contribution in [0.4, 0.5) is 0 Å². The number of phosphoric ester groups is 1. The molecule has 0 aromatic heterocycles. The molecule has 0 unspecified atom stereocenters. The van der Waals surface area contributed by atoms with E-state index < -0.39 is 45.1 Å². The summed E-state index contributed by atoms with van der Waals surface area (Å²) in [6.45, 7) is -1.02. The van der Waals surface area contributed by atoms with Crippen molar-refractivity contribution >= 4 is 13.6 Å². The van der Waals surface area contributed by atoms with E-state index in [9.17, 15) is 14.5 Å². The van der Waals surface area contributed by atoms with Gasteiger partial charge >= 0.3 is 7.82 Å². The van der Waals surface area contributed by atoms with E-state index in [1.807, 2.05) is 0 Å². The number of rotatable bonds is 3. The molecular weight excluding hydrogens is 231 g/mol. The van der Waals surface area contributed by atoms with Crippen LogP contribution in [0.15, 0.2) is 0 Å². The van der Waals surface area contributed by atoms with Gasteiger partial charge in [0.15, 0.2) is 5.78 Å². The second kappa shape index (κ2) is 4.67. The van der Waals surface area contributed by atoms with Crippen LogP contribution in [0.2, 0.25) is 0 Å². The molecule has 15 heavy (non-hydrogen) atoms. The summed E-state index contributed by atoms with van der Waals surface area (Å²) >= 11 is 0. The van der Waals surface area contributed by atoms with Crippen molar-refractivity contribution in [3.05, 3.63) is 0 Å². The van der Waals surface area contributed by atoms with E-state index in [0.717, 1.165) is 0 Å². The van der Waals surface area contributed by atoms with Crippen LogP contribution in [-0.2, 0) is 18.6 Å². The van der Waals surface area contributed by atoms with E-state index in [4.69, 9.17) is 19.6 Å². The molecule has 0 aliphatic carbocycles. The maximum absolute atomic E-state index is 10.8. The van der Waals surface area contributed by atoms with E-state index in [2.05, 4.69) is 4.52 Å². The normalized spacial score (nSPS) is 33.1. The lowest BCUT2D eigenvalue weighted by Crippen LogP contribution is -2.52. The lowest BCUT2D eigenvalue weighted by molar-refractivity contribution is -0.169. The molecule has 4 N–H and O–H groups in total. The van der Waals surface area contributed by atoms with Gasteiger partial charge < -0.3 is 24.7 Å². The minimum atomic E-state index is -4.65. The Kier molecular flexibility index (Phi) is 3.96. The molecule has 8 nitrogen and oxygen atoms in total. The van der Waals surface area contributed by atoms with Crippen molar-refractivity contribution < 1.29 is 38.6 Å². The second-order valence-electron chi connectivity index (χ2n) is 3.04. The van der Waals surface area contributed by atoms with Crippen molar-refractivity contribution in [2.45, 2.75) is 18.3 Å². The number of phosphoric acid groups is 1. The summed E-state index contributed by atoms with van der Waals surface area (Å²) in [6, 6.07) is 0. The number of ketones is 1. The average Bonchev–Trinajstić information content (AvgIpc) is 2.12. The van der Waals surface area contributed by atoms with E-state index in [0.29, 0.717) is 0 Å². The first kappa shape index (κ1) is 12.7. The van der Waals surface area contributed by atoms with Crippen LogP contribution >= 0.6 is 7.82 Å². The summed E-state index contributed by atoms with van der Waals surface area (Å²) < 4.78 is 19.2. The first-order valence-electron chi connectivity index (χ1n) is 4.02. The molecule has 1 rings (SSSR count). The van der Waals surface area contributed by atoms with Gasteiger partial charge in [-0.15, -0.1) is 0 Å². The van der Waals surface area contributed by atoms with Gasteiger partial charge in [-0.1, -0.05) is 0 Å². The predicted octanol–water partition coefficient (Wildman–Crippen LogP) is -2.21. The summed E-state index contributed by atoms with van der Waals surface area (Å²) in [5.41, 5.74) is 0. The Hall–Kier alpha value is -0.340. The Morgan fingerprint density at radius 2 is 2.07 bits per heavy atom. The second-order valence-corrected chi connectivity index (χ2v) is 4.28. The molecule has 1 fully saturated rings. The molecule has 0 spiro atoms. The zero-order valence-corrected chi connectivity index (χ0v) is 8.41. The maximum atomic E-state index is 10.8. The van der Waals surface area contributed by atoms with Gasteiger partial charge in [-0.05, 0) is 0 Å². The molecular formula is C6H11O8P. The topological polar surface area (TPSA) is 134 Å². The number of ether oxygens (including phenoxy) is 1. The molecule has 1 aliphatic heterocycles. The Morgan fingerprint density at radius 3 is 2.60 bits per heavy atom. The monoisotopic (exact) mass is 242 g/mol. The number of hydrogen-bond donors (Lipinski definition) is 4. The minimum absolute atomic E-state index is 0.423. The van der Waals surface area contributed by atoms with E-state index in [1.54, 1.807) is 0 Å². The summed E-state index contributed by atoms with van der Waals surface area (Å²) in [5.74, 6) is -0.685. The number of carbonyl (C=O) groups is 1. The van der Waals surface area contributed by atoms with Crippen LogP contribution in [0, 0.1) is 0 Å². The highest BCUT2D eigenvalue weighted by Gasteiger charge is 2.38.